The Bertz CT molecular complexity index is 308. The van der Waals surface area contributed by atoms with E-state index in [0.717, 1.165) is 12.8 Å². The van der Waals surface area contributed by atoms with Gasteiger partial charge in [0.1, 0.15) is 0 Å². The van der Waals surface area contributed by atoms with Crippen molar-refractivity contribution in [3.8, 4) is 12.3 Å². The number of terminal acetylenes is 1. The smallest absolute Gasteiger partial charge is 0.192 e. The normalized spacial score (nSPS) is 30.3. The van der Waals surface area contributed by atoms with E-state index in [1.165, 1.54) is 12.8 Å². The molecule has 1 nitrogen and oxygen atoms in total. The molecule has 1 saturated carbocycles. The summed E-state index contributed by atoms with van der Waals surface area (Å²) in [6.07, 6.45) is 9.87. The van der Waals surface area contributed by atoms with Crippen molar-refractivity contribution in [3.05, 3.63) is 0 Å². The van der Waals surface area contributed by atoms with Crippen LogP contribution >= 0.6 is 0 Å². The molecule has 0 spiro atoms. The fourth-order valence-corrected chi connectivity index (χ4v) is 4.25. The molecule has 1 rings (SSSR count). The van der Waals surface area contributed by atoms with E-state index in [1.807, 2.05) is 0 Å². The van der Waals surface area contributed by atoms with E-state index >= 15 is 0 Å². The molecule has 0 aliphatic heterocycles. The van der Waals surface area contributed by atoms with Crippen molar-refractivity contribution < 1.29 is 4.43 Å². The third-order valence-corrected chi connectivity index (χ3v) is 9.13. The van der Waals surface area contributed by atoms with Crippen molar-refractivity contribution in [2.75, 3.05) is 0 Å². The summed E-state index contributed by atoms with van der Waals surface area (Å²) < 4.78 is 6.60. The van der Waals surface area contributed by atoms with E-state index in [4.69, 9.17) is 10.8 Å². The van der Waals surface area contributed by atoms with Crippen molar-refractivity contribution in [2.45, 2.75) is 77.1 Å². The largest absolute Gasteiger partial charge is 0.412 e. The topological polar surface area (TPSA) is 9.23 Å². The summed E-state index contributed by atoms with van der Waals surface area (Å²) in [4.78, 5) is 0. The van der Waals surface area contributed by atoms with Gasteiger partial charge in [-0.2, -0.15) is 0 Å². The molecule has 2 heteroatoms. The molecule has 1 aliphatic carbocycles. The van der Waals surface area contributed by atoms with Gasteiger partial charge in [0.2, 0.25) is 0 Å². The molecule has 2 atom stereocenters. The van der Waals surface area contributed by atoms with E-state index in [1.54, 1.807) is 0 Å². The maximum atomic E-state index is 6.60. The molecule has 1 fully saturated rings. The van der Waals surface area contributed by atoms with Crippen LogP contribution in [0.15, 0.2) is 0 Å². The molecular weight excluding hydrogens is 224 g/mol. The van der Waals surface area contributed by atoms with E-state index in [0.29, 0.717) is 11.0 Å². The van der Waals surface area contributed by atoms with Gasteiger partial charge in [0.05, 0.1) is 5.60 Å². The molecule has 0 bridgehead atoms. The van der Waals surface area contributed by atoms with Crippen LogP contribution in [0.25, 0.3) is 0 Å². The SMILES string of the molecule is C#CCC1CCC(C)(O[Si](C)(C)C(C)(C)C)C1. The predicted octanol–water partition coefficient (Wildman–Crippen LogP) is 4.59. The summed E-state index contributed by atoms with van der Waals surface area (Å²) in [5.41, 5.74) is 0.0739. The van der Waals surface area contributed by atoms with Crippen molar-refractivity contribution >= 4 is 8.32 Å². The predicted molar refractivity (Wildman–Crippen MR) is 77.5 cm³/mol. The van der Waals surface area contributed by atoms with Crippen LogP contribution in [0.3, 0.4) is 0 Å². The third-order valence-electron chi connectivity index (χ3n) is 4.52. The molecule has 1 aliphatic rings. The lowest BCUT2D eigenvalue weighted by atomic mass is 10.0. The van der Waals surface area contributed by atoms with Crippen LogP contribution < -0.4 is 0 Å². The van der Waals surface area contributed by atoms with Crippen molar-refractivity contribution in [2.24, 2.45) is 5.92 Å². The van der Waals surface area contributed by atoms with Crippen molar-refractivity contribution in [1.29, 1.82) is 0 Å². The summed E-state index contributed by atoms with van der Waals surface area (Å²) in [5, 5.41) is 0.292. The summed E-state index contributed by atoms with van der Waals surface area (Å²) in [6.45, 7) is 13.9. The lowest BCUT2D eigenvalue weighted by molar-refractivity contribution is 0.0754. The second kappa shape index (κ2) is 4.78. The maximum Gasteiger partial charge on any atom is 0.192 e. The quantitative estimate of drug-likeness (QED) is 0.527. The zero-order chi connectivity index (χ0) is 13.3. The first-order valence-electron chi connectivity index (χ1n) is 6.73. The molecule has 0 aromatic carbocycles. The molecule has 0 aromatic heterocycles. The van der Waals surface area contributed by atoms with Crippen LogP contribution in [0.1, 0.15) is 53.4 Å². The van der Waals surface area contributed by atoms with Crippen LogP contribution in [0.2, 0.25) is 18.1 Å². The van der Waals surface area contributed by atoms with Crippen molar-refractivity contribution in [3.63, 3.8) is 0 Å². The highest BCUT2D eigenvalue weighted by molar-refractivity contribution is 6.74. The van der Waals surface area contributed by atoms with E-state index < -0.39 is 8.32 Å². The van der Waals surface area contributed by atoms with Crippen LogP contribution in [-0.2, 0) is 4.43 Å². The highest BCUT2D eigenvalue weighted by Gasteiger charge is 2.45. The van der Waals surface area contributed by atoms with Gasteiger partial charge in [0.25, 0.3) is 0 Å². The Kier molecular flexibility index (Phi) is 4.16. The monoisotopic (exact) mass is 252 g/mol. The van der Waals surface area contributed by atoms with Gasteiger partial charge < -0.3 is 4.43 Å². The molecule has 98 valence electrons. The van der Waals surface area contributed by atoms with Gasteiger partial charge in [-0.1, -0.05) is 20.8 Å². The lowest BCUT2D eigenvalue weighted by Crippen LogP contribution is -2.47. The molecule has 0 heterocycles. The standard InChI is InChI=1S/C15H28OSi/c1-8-9-13-10-11-15(5,12-13)16-17(6,7)14(2,3)4/h1,13H,9-12H2,2-7H3. The Morgan fingerprint density at radius 3 is 2.47 bits per heavy atom. The highest BCUT2D eigenvalue weighted by atomic mass is 28.4. The Hall–Kier alpha value is -0.263. The van der Waals surface area contributed by atoms with Gasteiger partial charge in [-0.15, -0.1) is 12.3 Å². The van der Waals surface area contributed by atoms with Gasteiger partial charge >= 0.3 is 0 Å². The van der Waals surface area contributed by atoms with Crippen LogP contribution in [0, 0.1) is 18.3 Å². The zero-order valence-corrected chi connectivity index (χ0v) is 13.4. The van der Waals surface area contributed by atoms with Crippen LogP contribution in [0.4, 0.5) is 0 Å². The minimum atomic E-state index is -1.65. The van der Waals surface area contributed by atoms with E-state index in [2.05, 4.69) is 46.7 Å². The molecule has 0 amide bonds. The van der Waals surface area contributed by atoms with E-state index in [9.17, 15) is 0 Å². The zero-order valence-electron chi connectivity index (χ0n) is 12.4. The summed E-state index contributed by atoms with van der Waals surface area (Å²) in [5.74, 6) is 3.47. The molecule has 2 unspecified atom stereocenters. The first kappa shape index (κ1) is 14.8. The Labute approximate surface area is 108 Å². The molecule has 17 heavy (non-hydrogen) atoms. The average Bonchev–Trinajstić information content (AvgIpc) is 2.44. The molecule has 0 aromatic rings. The van der Waals surface area contributed by atoms with E-state index in [-0.39, 0.29) is 5.60 Å². The second-order valence-electron chi connectivity index (χ2n) is 7.33. The van der Waals surface area contributed by atoms with Gasteiger partial charge in [-0.05, 0) is 50.2 Å². The molecule has 0 radical (unpaired) electrons. The highest BCUT2D eigenvalue weighted by Crippen LogP contribution is 2.45. The van der Waals surface area contributed by atoms with Crippen LogP contribution in [-0.4, -0.2) is 13.9 Å². The Morgan fingerprint density at radius 1 is 1.41 bits per heavy atom. The second-order valence-corrected chi connectivity index (χ2v) is 12.1. The summed E-state index contributed by atoms with van der Waals surface area (Å²) >= 11 is 0. The first-order valence-corrected chi connectivity index (χ1v) is 9.64. The van der Waals surface area contributed by atoms with Crippen LogP contribution in [0.5, 0.6) is 0 Å². The lowest BCUT2D eigenvalue weighted by Gasteiger charge is -2.43. The fourth-order valence-electron chi connectivity index (χ4n) is 2.53. The third kappa shape index (κ3) is 3.60. The van der Waals surface area contributed by atoms with Crippen molar-refractivity contribution in [1.82, 2.24) is 0 Å². The Balaban J connectivity index is 2.67. The number of hydrogen-bond acceptors (Lipinski definition) is 1. The minimum absolute atomic E-state index is 0.0739. The average molecular weight is 252 g/mol. The molecule has 0 N–H and O–H groups in total. The van der Waals surface area contributed by atoms with Gasteiger partial charge in [0.15, 0.2) is 8.32 Å². The fraction of sp³-hybridized carbons (Fsp3) is 0.867. The summed E-state index contributed by atoms with van der Waals surface area (Å²) in [6, 6.07) is 0. The maximum absolute atomic E-state index is 6.60. The van der Waals surface area contributed by atoms with Gasteiger partial charge in [-0.25, -0.2) is 0 Å². The van der Waals surface area contributed by atoms with Gasteiger partial charge in [0, 0.05) is 6.42 Å². The van der Waals surface area contributed by atoms with Gasteiger partial charge in [-0.3, -0.25) is 0 Å². The molecular formula is C15H28OSi. The first-order chi connectivity index (χ1) is 7.60. The number of rotatable bonds is 3. The number of hydrogen-bond donors (Lipinski definition) is 0. The Morgan fingerprint density at radius 2 is 2.00 bits per heavy atom. The molecule has 0 saturated heterocycles. The minimum Gasteiger partial charge on any atom is -0.412 e. The summed E-state index contributed by atoms with van der Waals surface area (Å²) in [7, 11) is -1.65.